The van der Waals surface area contributed by atoms with Crippen LogP contribution in [0.3, 0.4) is 0 Å². The number of Topliss-reactive ketones (excluding diaryl/α,β-unsaturated/α-hetero) is 1. The first-order valence-electron chi connectivity index (χ1n) is 14.7. The van der Waals surface area contributed by atoms with Crippen LogP contribution in [0.1, 0.15) is 90.4 Å². The predicted molar refractivity (Wildman–Crippen MR) is 175 cm³/mol. The van der Waals surface area contributed by atoms with Crippen molar-refractivity contribution in [1.82, 2.24) is 0 Å². The quantitative estimate of drug-likeness (QED) is 0.116. The molecule has 0 heterocycles. The van der Waals surface area contributed by atoms with Crippen LogP contribution in [0.25, 0.3) is 0 Å². The molecule has 0 aromatic rings. The smallest absolute Gasteiger partial charge is 0.373 e. The number of nitrogens with two attached hydrogens (primary N) is 2. The Hall–Kier alpha value is -3.15. The molecule has 2 fully saturated rings. The zero-order chi connectivity index (χ0) is 36.2. The number of carboxylic acid groups (broad SMARTS) is 6. The zero-order valence-electron chi connectivity index (χ0n) is 26.1. The van der Waals surface area contributed by atoms with Gasteiger partial charge in [-0.25, -0.2) is 9.59 Å². The summed E-state index contributed by atoms with van der Waals surface area (Å²) < 4.78 is 0. The lowest BCUT2D eigenvalue weighted by molar-refractivity contribution is -0.147. The Morgan fingerprint density at radius 1 is 0.804 bits per heavy atom. The second-order valence-corrected chi connectivity index (χ2v) is 11.2. The van der Waals surface area contributed by atoms with Crippen LogP contribution in [0, 0.1) is 11.8 Å². The van der Waals surface area contributed by atoms with Crippen LogP contribution in [-0.4, -0.2) is 95.8 Å². The molecule has 0 saturated heterocycles. The molecule has 0 radical (unpaired) electrons. The molecule has 46 heavy (non-hydrogen) atoms. The molecule has 0 bridgehead atoms. The SMILES string of the molecule is C[C@H](N)C(=O)O.N[C@@H](CS)C(=O)O.O=C(O)C(=O)CS.O=C(O)C1=CCCC1.O=C(O)C1CCCC1.O=C(O)CCC1CCCC1. The molecule has 0 aromatic carbocycles. The largest absolute Gasteiger partial charge is 0.481 e. The van der Waals surface area contributed by atoms with Crippen molar-refractivity contribution in [3.8, 4) is 0 Å². The molecular formula is C29H50N2O13S2. The summed E-state index contributed by atoms with van der Waals surface area (Å²) in [6, 6.07) is -1.55. The maximum absolute atomic E-state index is 10.2. The molecule has 15 nitrogen and oxygen atoms in total. The van der Waals surface area contributed by atoms with Gasteiger partial charge in [-0.05, 0) is 51.4 Å². The van der Waals surface area contributed by atoms with Gasteiger partial charge in [0.05, 0.1) is 11.7 Å². The lowest BCUT2D eigenvalue weighted by Crippen LogP contribution is -2.31. The van der Waals surface area contributed by atoms with Gasteiger partial charge < -0.3 is 42.1 Å². The van der Waals surface area contributed by atoms with E-state index in [2.05, 4.69) is 25.3 Å². The number of hydrogen-bond donors (Lipinski definition) is 10. The summed E-state index contributed by atoms with van der Waals surface area (Å²) in [5, 5.41) is 48.8. The van der Waals surface area contributed by atoms with E-state index in [1.54, 1.807) is 6.08 Å². The van der Waals surface area contributed by atoms with Crippen LogP contribution < -0.4 is 11.5 Å². The average molecular weight is 699 g/mol. The van der Waals surface area contributed by atoms with Crippen molar-refractivity contribution in [2.45, 2.75) is 102 Å². The molecule has 17 heteroatoms. The molecular weight excluding hydrogens is 648 g/mol. The molecule has 0 unspecified atom stereocenters. The molecule has 0 aromatic heterocycles. The fraction of sp³-hybridized carbons (Fsp3) is 0.690. The van der Waals surface area contributed by atoms with Gasteiger partial charge in [0.2, 0.25) is 5.78 Å². The summed E-state index contributed by atoms with van der Waals surface area (Å²) in [5.41, 5.74) is 10.4. The van der Waals surface area contributed by atoms with Crippen LogP contribution in [0.4, 0.5) is 0 Å². The van der Waals surface area contributed by atoms with Crippen molar-refractivity contribution in [2.75, 3.05) is 11.5 Å². The molecule has 3 rings (SSSR count). The number of carbonyl (C=O) groups is 7. The van der Waals surface area contributed by atoms with Crippen molar-refractivity contribution in [1.29, 1.82) is 0 Å². The predicted octanol–water partition coefficient (Wildman–Crippen LogP) is 2.80. The Morgan fingerprint density at radius 3 is 1.48 bits per heavy atom. The van der Waals surface area contributed by atoms with Crippen molar-refractivity contribution in [3.05, 3.63) is 11.6 Å². The molecule has 3 aliphatic carbocycles. The number of thiol groups is 2. The van der Waals surface area contributed by atoms with Gasteiger partial charge in [-0.1, -0.05) is 44.6 Å². The van der Waals surface area contributed by atoms with Gasteiger partial charge >= 0.3 is 35.8 Å². The number of hydrogen-bond acceptors (Lipinski definition) is 11. The average Bonchev–Trinajstić information content (AvgIpc) is 3.80. The highest BCUT2D eigenvalue weighted by atomic mass is 32.1. The molecule has 0 spiro atoms. The molecule has 2 atom stereocenters. The van der Waals surface area contributed by atoms with E-state index in [-0.39, 0.29) is 17.4 Å². The highest BCUT2D eigenvalue weighted by molar-refractivity contribution is 7.81. The normalized spacial score (nSPS) is 16.2. The lowest BCUT2D eigenvalue weighted by atomic mass is 10.0. The number of rotatable bonds is 10. The van der Waals surface area contributed by atoms with E-state index in [1.807, 2.05) is 0 Å². The Morgan fingerprint density at radius 2 is 1.28 bits per heavy atom. The van der Waals surface area contributed by atoms with Crippen molar-refractivity contribution in [2.24, 2.45) is 23.3 Å². The fourth-order valence-electron chi connectivity index (χ4n) is 3.81. The number of carbonyl (C=O) groups excluding carboxylic acids is 1. The van der Waals surface area contributed by atoms with E-state index in [4.69, 9.17) is 42.1 Å². The number of ketones is 1. The summed E-state index contributed by atoms with van der Waals surface area (Å²) in [6.07, 6.45) is 14.9. The highest BCUT2D eigenvalue weighted by Crippen LogP contribution is 2.28. The van der Waals surface area contributed by atoms with E-state index in [1.165, 1.54) is 32.6 Å². The first-order valence-corrected chi connectivity index (χ1v) is 16.0. The van der Waals surface area contributed by atoms with Crippen LogP contribution >= 0.6 is 25.3 Å². The van der Waals surface area contributed by atoms with Gasteiger partial charge in [-0.3, -0.25) is 24.0 Å². The van der Waals surface area contributed by atoms with Crippen molar-refractivity contribution >= 4 is 66.9 Å². The first-order chi connectivity index (χ1) is 21.4. The maximum atomic E-state index is 10.2. The molecule has 0 amide bonds. The maximum Gasteiger partial charge on any atom is 0.373 e. The number of carboxylic acids is 6. The first kappa shape index (κ1) is 47.3. The molecule has 2 saturated carbocycles. The highest BCUT2D eigenvalue weighted by Gasteiger charge is 2.21. The number of aliphatic carboxylic acids is 6. The van der Waals surface area contributed by atoms with Crippen molar-refractivity contribution < 1.29 is 64.2 Å². The monoisotopic (exact) mass is 698 g/mol. The summed E-state index contributed by atoms with van der Waals surface area (Å²) in [4.78, 5) is 69.2. The molecule has 266 valence electrons. The Kier molecular flexibility index (Phi) is 30.1. The second kappa shape index (κ2) is 29.3. The Bertz CT molecular complexity index is 978. The minimum atomic E-state index is -1.42. The fourth-order valence-corrected chi connectivity index (χ4v) is 4.10. The molecule has 0 aliphatic heterocycles. The molecule has 10 N–H and O–H groups in total. The third kappa shape index (κ3) is 29.6. The standard InChI is InChI=1S/C8H14O2.C6H10O2.C6H8O2.C3H7NO2S.C3H7NO2.C3H4O3S/c9-8(10)6-5-7-3-1-2-4-7;2*7-6(8)5-3-1-2-4-5;4-2(1-7)3(5)6;1-2(4)3(5)6;4-2(1-7)3(5)6/h7H,1-6H2,(H,9,10);5H,1-4H2,(H,7,8);3H,1-2,4H2,(H,7,8);2,7H,1,4H2,(H,5,6);2H,4H2,1H3,(H,5,6);7H,1H2,(H,5,6)/t;;;2*2-;/m...00./s1. The second-order valence-electron chi connectivity index (χ2n) is 10.5. The van der Waals surface area contributed by atoms with Gasteiger partial charge in [-0.15, -0.1) is 0 Å². The third-order valence-corrected chi connectivity index (χ3v) is 7.23. The summed E-state index contributed by atoms with van der Waals surface area (Å²) >= 11 is 7.07. The van der Waals surface area contributed by atoms with E-state index >= 15 is 0 Å². The third-order valence-electron chi connectivity index (χ3n) is 6.55. The van der Waals surface area contributed by atoms with Gasteiger partial charge in [0, 0.05) is 17.7 Å². The molecule has 3 aliphatic rings. The summed E-state index contributed by atoms with van der Waals surface area (Å²) in [7, 11) is 0. The minimum Gasteiger partial charge on any atom is -0.481 e. The summed E-state index contributed by atoms with van der Waals surface area (Å²) in [6.45, 7) is 1.42. The van der Waals surface area contributed by atoms with Crippen LogP contribution in [0.15, 0.2) is 11.6 Å². The minimum absolute atomic E-state index is 0.0185. The summed E-state index contributed by atoms with van der Waals surface area (Å²) in [5.74, 6) is -5.60. The lowest BCUT2D eigenvalue weighted by Gasteiger charge is -2.04. The topological polar surface area (TPSA) is 293 Å². The van der Waals surface area contributed by atoms with Crippen LogP contribution in [0.2, 0.25) is 0 Å². The van der Waals surface area contributed by atoms with Crippen LogP contribution in [0.5, 0.6) is 0 Å². The van der Waals surface area contributed by atoms with E-state index in [0.717, 1.165) is 57.3 Å². The van der Waals surface area contributed by atoms with E-state index < -0.39 is 53.7 Å². The van der Waals surface area contributed by atoms with Gasteiger partial charge in [0.15, 0.2) is 0 Å². The zero-order valence-corrected chi connectivity index (χ0v) is 27.9. The van der Waals surface area contributed by atoms with Crippen molar-refractivity contribution in [3.63, 3.8) is 0 Å². The van der Waals surface area contributed by atoms with E-state index in [0.29, 0.717) is 12.0 Å². The van der Waals surface area contributed by atoms with Crippen LogP contribution in [-0.2, 0) is 33.6 Å². The van der Waals surface area contributed by atoms with E-state index in [9.17, 15) is 33.6 Å². The Balaban J connectivity index is -0.000000487. The Labute approximate surface area is 279 Å². The van der Waals surface area contributed by atoms with Gasteiger partial charge in [-0.2, -0.15) is 25.3 Å². The number of allylic oxidation sites excluding steroid dienone is 1. The van der Waals surface area contributed by atoms with Gasteiger partial charge in [0.1, 0.15) is 12.1 Å². The van der Waals surface area contributed by atoms with Gasteiger partial charge in [0.25, 0.3) is 0 Å².